The van der Waals surface area contributed by atoms with Crippen LogP contribution in [-0.2, 0) is 19.6 Å². The minimum Gasteiger partial charge on any atom is -0.478 e. The Kier molecular flexibility index (Phi) is 6.44. The van der Waals surface area contributed by atoms with Crippen LogP contribution in [0.2, 0.25) is 0 Å². The molecule has 134 valence electrons. The van der Waals surface area contributed by atoms with E-state index >= 15 is 0 Å². The van der Waals surface area contributed by atoms with Gasteiger partial charge in [0.1, 0.15) is 5.75 Å². The summed E-state index contributed by atoms with van der Waals surface area (Å²) >= 11 is 0. The fourth-order valence-corrected chi connectivity index (χ4v) is 3.45. The third-order valence-electron chi connectivity index (χ3n) is 3.66. The maximum absolute atomic E-state index is 12.3. The molecule has 1 N–H and O–H groups in total. The van der Waals surface area contributed by atoms with Crippen molar-refractivity contribution in [3.8, 4) is 5.75 Å². The van der Waals surface area contributed by atoms with Crippen LogP contribution in [0.3, 0.4) is 0 Å². The summed E-state index contributed by atoms with van der Waals surface area (Å²) < 4.78 is 36.3. The topological polar surface area (TPSA) is 84.9 Å². The van der Waals surface area contributed by atoms with Gasteiger partial charge in [0, 0.05) is 32.7 Å². The molecule has 0 spiro atoms. The summed E-state index contributed by atoms with van der Waals surface area (Å²) in [6, 6.07) is 6.85. The number of hydrogen-bond acceptors (Lipinski definition) is 5. The Morgan fingerprint density at radius 3 is 2.88 bits per heavy atom. The number of sulfonamides is 1. The number of carbonyl (C=O) groups excluding carboxylic acids is 1. The van der Waals surface area contributed by atoms with Gasteiger partial charge in [-0.2, -0.15) is 0 Å². The van der Waals surface area contributed by atoms with Gasteiger partial charge in [-0.15, -0.1) is 0 Å². The lowest BCUT2D eigenvalue weighted by atomic mass is 10.2. The summed E-state index contributed by atoms with van der Waals surface area (Å²) in [6.07, 6.45) is 1.44. The van der Waals surface area contributed by atoms with Gasteiger partial charge in [0.15, 0.2) is 6.10 Å². The van der Waals surface area contributed by atoms with E-state index in [1.54, 1.807) is 24.3 Å². The highest BCUT2D eigenvalue weighted by Gasteiger charge is 2.30. The summed E-state index contributed by atoms with van der Waals surface area (Å²) in [5.41, 5.74) is 0.464. The predicted octanol–water partition coefficient (Wildman–Crippen LogP) is 1.15. The smallest absolute Gasteiger partial charge is 0.261 e. The van der Waals surface area contributed by atoms with Crippen molar-refractivity contribution in [2.24, 2.45) is 0 Å². The molecule has 7 nitrogen and oxygen atoms in total. The molecule has 1 aromatic rings. The standard InChI is InChI=1S/C16H24N2O5S/c1-3-22-12-6-10-17-16(19)15-9-11-18(24(2,20)21)13-7-4-5-8-14(13)23-15/h4-5,7-8,15H,3,6,9-12H2,1-2H3,(H,17,19). The third kappa shape index (κ3) is 4.85. The van der Waals surface area contributed by atoms with Crippen LogP contribution in [0, 0.1) is 0 Å². The Morgan fingerprint density at radius 1 is 1.42 bits per heavy atom. The van der Waals surface area contributed by atoms with Crippen molar-refractivity contribution in [2.45, 2.75) is 25.9 Å². The molecular formula is C16H24N2O5S. The van der Waals surface area contributed by atoms with E-state index in [0.29, 0.717) is 37.6 Å². The van der Waals surface area contributed by atoms with Crippen LogP contribution in [-0.4, -0.2) is 53.0 Å². The van der Waals surface area contributed by atoms with Gasteiger partial charge >= 0.3 is 0 Å². The molecule has 0 aromatic heterocycles. The molecule has 1 aromatic carbocycles. The van der Waals surface area contributed by atoms with Crippen LogP contribution in [0.5, 0.6) is 5.75 Å². The lowest BCUT2D eigenvalue weighted by molar-refractivity contribution is -0.128. The van der Waals surface area contributed by atoms with E-state index in [2.05, 4.69) is 5.32 Å². The van der Waals surface area contributed by atoms with Crippen molar-refractivity contribution in [2.75, 3.05) is 36.9 Å². The Hall–Kier alpha value is -1.80. The van der Waals surface area contributed by atoms with Gasteiger partial charge < -0.3 is 14.8 Å². The van der Waals surface area contributed by atoms with Gasteiger partial charge in [-0.25, -0.2) is 8.42 Å². The number of para-hydroxylation sites is 2. The first-order chi connectivity index (χ1) is 11.4. The maximum atomic E-state index is 12.3. The molecule has 1 heterocycles. The van der Waals surface area contributed by atoms with Gasteiger partial charge in [-0.3, -0.25) is 9.10 Å². The number of anilines is 1. The molecule has 24 heavy (non-hydrogen) atoms. The number of nitrogens with one attached hydrogen (secondary N) is 1. The number of benzene rings is 1. The highest BCUT2D eigenvalue weighted by Crippen LogP contribution is 2.33. The van der Waals surface area contributed by atoms with Crippen LogP contribution in [0.1, 0.15) is 19.8 Å². The van der Waals surface area contributed by atoms with Crippen LogP contribution in [0.15, 0.2) is 24.3 Å². The maximum Gasteiger partial charge on any atom is 0.261 e. The molecule has 0 fully saturated rings. The minimum atomic E-state index is -3.43. The second-order valence-corrected chi connectivity index (χ2v) is 7.45. The molecule has 8 heteroatoms. The fourth-order valence-electron chi connectivity index (χ4n) is 2.50. The summed E-state index contributed by atoms with van der Waals surface area (Å²) in [7, 11) is -3.43. The molecule has 1 aliphatic heterocycles. The summed E-state index contributed by atoms with van der Waals surface area (Å²) in [5.74, 6) is 0.159. The highest BCUT2D eigenvalue weighted by atomic mass is 32.2. The number of amides is 1. The zero-order valence-corrected chi connectivity index (χ0v) is 14.8. The lowest BCUT2D eigenvalue weighted by Gasteiger charge is -2.20. The van der Waals surface area contributed by atoms with E-state index in [9.17, 15) is 13.2 Å². The first kappa shape index (κ1) is 18.5. The molecule has 0 saturated carbocycles. The summed E-state index contributed by atoms with van der Waals surface area (Å²) in [4.78, 5) is 12.3. The van der Waals surface area contributed by atoms with Crippen molar-refractivity contribution < 1.29 is 22.7 Å². The van der Waals surface area contributed by atoms with Crippen molar-refractivity contribution in [1.82, 2.24) is 5.32 Å². The number of ether oxygens (including phenoxy) is 2. The van der Waals surface area contributed by atoms with E-state index in [1.165, 1.54) is 4.31 Å². The van der Waals surface area contributed by atoms with Gasteiger partial charge in [-0.05, 0) is 25.5 Å². The zero-order chi connectivity index (χ0) is 17.6. The van der Waals surface area contributed by atoms with Gasteiger partial charge in [-0.1, -0.05) is 12.1 Å². The summed E-state index contributed by atoms with van der Waals surface area (Å²) in [5, 5.41) is 2.81. The minimum absolute atomic E-state index is 0.201. The predicted molar refractivity (Wildman–Crippen MR) is 91.8 cm³/mol. The highest BCUT2D eigenvalue weighted by molar-refractivity contribution is 7.92. The first-order valence-electron chi connectivity index (χ1n) is 8.02. The molecule has 0 radical (unpaired) electrons. The van der Waals surface area contributed by atoms with Crippen LogP contribution < -0.4 is 14.4 Å². The SMILES string of the molecule is CCOCCCNC(=O)C1CCN(S(C)(=O)=O)c2ccccc2O1. The fraction of sp³-hybridized carbons (Fsp3) is 0.562. The Labute approximate surface area is 143 Å². The molecule has 1 atom stereocenters. The van der Waals surface area contributed by atoms with Gasteiger partial charge in [0.05, 0.1) is 11.9 Å². The number of carbonyl (C=O) groups is 1. The quantitative estimate of drug-likeness (QED) is 0.741. The molecule has 0 bridgehead atoms. The largest absolute Gasteiger partial charge is 0.478 e. The molecule has 1 amide bonds. The first-order valence-corrected chi connectivity index (χ1v) is 9.87. The number of rotatable bonds is 7. The van der Waals surface area contributed by atoms with Gasteiger partial charge in [0.25, 0.3) is 5.91 Å². The number of hydrogen-bond donors (Lipinski definition) is 1. The average molecular weight is 356 g/mol. The van der Waals surface area contributed by atoms with Crippen LogP contribution >= 0.6 is 0 Å². The summed E-state index contributed by atoms with van der Waals surface area (Å²) in [6.45, 7) is 3.86. The number of nitrogens with zero attached hydrogens (tertiary/aromatic N) is 1. The zero-order valence-electron chi connectivity index (χ0n) is 14.0. The Bertz CT molecular complexity index is 662. The average Bonchev–Trinajstić information content (AvgIpc) is 2.73. The van der Waals surface area contributed by atoms with E-state index in [1.807, 2.05) is 6.92 Å². The molecule has 0 aliphatic carbocycles. The molecule has 2 rings (SSSR count). The van der Waals surface area contributed by atoms with Gasteiger partial charge in [0.2, 0.25) is 10.0 Å². The Balaban J connectivity index is 2.05. The Morgan fingerprint density at radius 2 is 2.17 bits per heavy atom. The molecular weight excluding hydrogens is 332 g/mol. The third-order valence-corrected chi connectivity index (χ3v) is 4.84. The van der Waals surface area contributed by atoms with Crippen LogP contribution in [0.25, 0.3) is 0 Å². The normalized spacial score (nSPS) is 17.6. The lowest BCUT2D eigenvalue weighted by Crippen LogP contribution is -2.40. The van der Waals surface area contributed by atoms with E-state index in [-0.39, 0.29) is 12.5 Å². The second kappa shape index (κ2) is 8.34. The molecule has 1 unspecified atom stereocenters. The van der Waals surface area contributed by atoms with E-state index in [4.69, 9.17) is 9.47 Å². The van der Waals surface area contributed by atoms with Crippen molar-refractivity contribution >= 4 is 21.6 Å². The van der Waals surface area contributed by atoms with Crippen LogP contribution in [0.4, 0.5) is 5.69 Å². The van der Waals surface area contributed by atoms with E-state index < -0.39 is 16.1 Å². The van der Waals surface area contributed by atoms with Crippen molar-refractivity contribution in [3.63, 3.8) is 0 Å². The van der Waals surface area contributed by atoms with Crippen molar-refractivity contribution in [3.05, 3.63) is 24.3 Å². The van der Waals surface area contributed by atoms with Crippen molar-refractivity contribution in [1.29, 1.82) is 0 Å². The molecule has 1 aliphatic rings. The monoisotopic (exact) mass is 356 g/mol. The second-order valence-electron chi connectivity index (χ2n) is 5.54. The van der Waals surface area contributed by atoms with E-state index in [0.717, 1.165) is 12.7 Å². The molecule has 0 saturated heterocycles. The number of fused-ring (bicyclic) bond motifs is 1.